The minimum Gasteiger partial charge on any atom is -0.465 e. The molecule has 1 saturated heterocycles. The maximum Gasteiger partial charge on any atom is 0.325 e. The molecule has 0 amide bonds. The topological polar surface area (TPSA) is 251 Å². The number of aromatic nitrogens is 1. The molecule has 0 spiro atoms. The van der Waals surface area contributed by atoms with Crippen LogP contribution in [0, 0.1) is 87.3 Å². The smallest absolute Gasteiger partial charge is 0.325 e. The molecule has 13 aliphatic rings. The lowest BCUT2D eigenvalue weighted by atomic mass is 9.49. The molecule has 12 bridgehead atoms. The second-order valence-electron chi connectivity index (χ2n) is 46.2. The first-order valence-electron chi connectivity index (χ1n) is 58.6. The van der Waals surface area contributed by atoms with Crippen LogP contribution in [0.2, 0.25) is 0 Å². The van der Waals surface area contributed by atoms with Crippen LogP contribution in [0.25, 0.3) is 0 Å². The minimum absolute atomic E-state index is 0.0434. The lowest BCUT2D eigenvalue weighted by Crippen LogP contribution is -2.47. The highest BCUT2D eigenvalue weighted by atomic mass is 16.6. The van der Waals surface area contributed by atoms with E-state index in [0.29, 0.717) is 51.5 Å². The summed E-state index contributed by atoms with van der Waals surface area (Å²) in [6.07, 6.45) is 93.8. The van der Waals surface area contributed by atoms with E-state index in [0.717, 1.165) is 253 Å². The van der Waals surface area contributed by atoms with Crippen molar-refractivity contribution in [2.24, 2.45) is 87.3 Å². The third-order valence-electron chi connectivity index (χ3n) is 32.8. The van der Waals surface area contributed by atoms with E-state index in [4.69, 9.17) is 42.6 Å². The molecule has 1 aromatic rings. The van der Waals surface area contributed by atoms with Gasteiger partial charge in [0.2, 0.25) is 0 Å². The van der Waals surface area contributed by atoms with Crippen molar-refractivity contribution >= 4 is 53.7 Å². The fraction of sp³-hybridized carbons (Fsp3) is 0.795. The quantitative estimate of drug-likeness (QED) is 0.0254. The summed E-state index contributed by atoms with van der Waals surface area (Å²) >= 11 is 0. The molecule has 22 nitrogen and oxygen atoms in total. The monoisotopic (exact) mass is 2010 g/mol. The van der Waals surface area contributed by atoms with E-state index in [1.807, 2.05) is 12.1 Å². The van der Waals surface area contributed by atoms with E-state index >= 15 is 0 Å². The summed E-state index contributed by atoms with van der Waals surface area (Å²) in [5.74, 6) is 3.76. The van der Waals surface area contributed by atoms with Crippen LogP contribution >= 0.6 is 0 Å². The maximum atomic E-state index is 13.1. The van der Waals surface area contributed by atoms with Gasteiger partial charge in [0.25, 0.3) is 0 Å². The van der Waals surface area contributed by atoms with Gasteiger partial charge in [-0.3, -0.25) is 48.1 Å². The Morgan fingerprint density at radius 2 is 0.521 bits per heavy atom. The molecule has 0 radical (unpaired) electrons. The summed E-state index contributed by atoms with van der Waals surface area (Å²) in [6, 6.07) is 3.71. The molecule has 14 rings (SSSR count). The van der Waals surface area contributed by atoms with E-state index in [-0.39, 0.29) is 154 Å². The standard InChI is InChI=1S/C41H68N2O6.C41H69NO6.C40H61NO6/c1-3-4-5-6-7-8-9-10-11-12-13-14-15-16-17-18-38(44)47-31-37(33-49-40(46)30-43-21-19-42(2)20-22-43)32-48-39(45)29-41-26-34-23-35(27-41)25-36(24-34)28-41;1-4-7-8-9-10-11-12-13-14-15-16-17-18-19-20-21-38(43)46-31-37(32-47-39(44)22-23-42(5-2)6-3)33-48-40(45)30-41-27-34-24-35(28-41)26-36(25-34)29-41;1-2-3-4-5-6-7-8-9-10-11-12-13-14-15-16-19-37(42)45-30-36(32-47-39(44)29-41-20-17-18-21-41)31-46-38(43)28-40-25-33-22-34(26-40)24-35(23-33)27-40/h7-8,10-11,34-37H,3-6,9,12-33H2,1-2H3;10-11,13-14,34-37H,4-9,12,15-33H2,1-3H3;6-7,9-10,17-18,20-21,33-36H,2-5,8,11-16,19,22-32H2,1H3/b8-7-,11-10-;11-10-,14-13-;7-6-,10-9-. The van der Waals surface area contributed by atoms with Gasteiger partial charge in [-0.2, -0.15) is 0 Å². The molecule has 0 aromatic carbocycles. The Morgan fingerprint density at radius 1 is 0.285 bits per heavy atom. The van der Waals surface area contributed by atoms with Crippen LogP contribution in [0.4, 0.5) is 0 Å². The Bertz CT molecular complexity index is 3840. The number of unbranched alkanes of at least 4 members (excludes halogenated alkanes) is 24. The Kier molecular flexibility index (Phi) is 59.1. The molecule has 3 unspecified atom stereocenters. The molecule has 3 atom stereocenters. The Morgan fingerprint density at radius 3 is 0.792 bits per heavy atom. The van der Waals surface area contributed by atoms with Crippen molar-refractivity contribution in [3.8, 4) is 0 Å². The fourth-order valence-corrected chi connectivity index (χ4v) is 26.1. The van der Waals surface area contributed by atoms with Crippen LogP contribution in [0.3, 0.4) is 0 Å². The van der Waals surface area contributed by atoms with E-state index < -0.39 is 5.92 Å². The number of nitrogens with zero attached hydrogens (tertiary/aromatic N) is 4. The summed E-state index contributed by atoms with van der Waals surface area (Å²) in [5.41, 5.74) is 0.342. The highest BCUT2D eigenvalue weighted by molar-refractivity contribution is 5.74. The lowest BCUT2D eigenvalue weighted by Gasteiger charge is -2.56. The predicted octanol–water partition coefficient (Wildman–Crippen LogP) is 26.4. The zero-order valence-electron chi connectivity index (χ0n) is 91.0. The first-order valence-corrected chi connectivity index (χ1v) is 58.6. The average Bonchev–Trinajstić information content (AvgIpc) is 1.09. The average molecular weight is 2010 g/mol. The number of ether oxygens (including phenoxy) is 9. The molecular weight excluding hydrogens is 1810 g/mol. The molecule has 814 valence electrons. The van der Waals surface area contributed by atoms with Crippen LogP contribution in [-0.2, 0) is 92.3 Å². The number of allylic oxidation sites excluding steroid dienone is 12. The van der Waals surface area contributed by atoms with Gasteiger partial charge in [0.1, 0.15) is 66.0 Å². The Hall–Kier alpha value is -7.17. The van der Waals surface area contributed by atoms with Gasteiger partial charge in [-0.1, -0.05) is 204 Å². The van der Waals surface area contributed by atoms with Crippen LogP contribution in [-0.4, -0.2) is 192 Å². The summed E-state index contributed by atoms with van der Waals surface area (Å²) in [7, 11) is 2.09. The first kappa shape index (κ1) is 120. The third-order valence-corrected chi connectivity index (χ3v) is 32.8. The van der Waals surface area contributed by atoms with Crippen molar-refractivity contribution < 1.29 is 85.8 Å². The van der Waals surface area contributed by atoms with Crippen LogP contribution in [0.1, 0.15) is 407 Å². The van der Waals surface area contributed by atoms with Crippen LogP contribution in [0.5, 0.6) is 0 Å². The van der Waals surface area contributed by atoms with Crippen molar-refractivity contribution in [2.75, 3.05) is 119 Å². The van der Waals surface area contributed by atoms with Crippen LogP contribution < -0.4 is 0 Å². The Labute approximate surface area is 870 Å². The van der Waals surface area contributed by atoms with E-state index in [1.165, 1.54) is 167 Å². The van der Waals surface area contributed by atoms with Gasteiger partial charge in [0.15, 0.2) is 0 Å². The third kappa shape index (κ3) is 50.4. The number of piperazine rings is 1. The van der Waals surface area contributed by atoms with Gasteiger partial charge < -0.3 is 57.0 Å². The fourth-order valence-electron chi connectivity index (χ4n) is 26.1. The SMILES string of the molecule is CCCCC/C=C\C/C=C\CCCCCCCC(=O)OCC(COC(=O)CCN(CC)CC)COC(=O)CC12CC3CC(CC(C3)C1)C2.CCCCC/C=C\C/C=C\CCCCCCCC(=O)OCC(COC(=O)CN1CCN(C)CC1)COC(=O)CC12CC3CC(CC(C3)C1)C2.CCCCC/C=C\C/C=C\CCCCCCCC(=O)OCC(COC(=O)Cn1cccc1)COC(=O)CC12CC3CC(CC(C3)C1)C2. The molecule has 12 saturated carbocycles. The van der Waals surface area contributed by atoms with Gasteiger partial charge in [-0.15, -0.1) is 0 Å². The van der Waals surface area contributed by atoms with E-state index in [9.17, 15) is 43.2 Å². The van der Waals surface area contributed by atoms with Crippen molar-refractivity contribution in [3.63, 3.8) is 0 Å². The number of carbonyl (C=O) groups excluding carboxylic acids is 9. The zero-order valence-corrected chi connectivity index (χ0v) is 91.0. The lowest BCUT2D eigenvalue weighted by molar-refractivity contribution is -0.160. The number of rotatable bonds is 75. The molecule has 1 aromatic heterocycles. The molecule has 12 aliphatic carbocycles. The minimum atomic E-state index is -0.391. The van der Waals surface area contributed by atoms with Gasteiger partial charge in [-0.05, 0) is 333 Å². The van der Waals surface area contributed by atoms with Crippen molar-refractivity contribution in [1.82, 2.24) is 19.3 Å². The summed E-state index contributed by atoms with van der Waals surface area (Å²) in [4.78, 5) is 121. The van der Waals surface area contributed by atoms with Gasteiger partial charge in [-0.25, -0.2) is 0 Å². The molecule has 13 fully saturated rings. The molecule has 22 heteroatoms. The van der Waals surface area contributed by atoms with E-state index in [2.05, 4.69) is 129 Å². The zero-order chi connectivity index (χ0) is 102. The number of esters is 9. The van der Waals surface area contributed by atoms with Crippen LogP contribution in [0.15, 0.2) is 97.4 Å². The highest BCUT2D eigenvalue weighted by Gasteiger charge is 2.55. The number of hydrogen-bond donors (Lipinski definition) is 0. The number of carbonyl (C=O) groups is 9. The predicted molar refractivity (Wildman–Crippen MR) is 574 cm³/mol. The summed E-state index contributed by atoms with van der Waals surface area (Å²) in [6.45, 7) is 17.9. The largest absolute Gasteiger partial charge is 0.465 e. The van der Waals surface area contributed by atoms with Gasteiger partial charge in [0.05, 0.1) is 50.0 Å². The maximum absolute atomic E-state index is 13.1. The van der Waals surface area contributed by atoms with Crippen molar-refractivity contribution in [3.05, 3.63) is 97.4 Å². The molecule has 1 aliphatic heterocycles. The second kappa shape index (κ2) is 70.7. The second-order valence-corrected chi connectivity index (χ2v) is 46.2. The summed E-state index contributed by atoms with van der Waals surface area (Å²) < 4.78 is 52.7. The van der Waals surface area contributed by atoms with Gasteiger partial charge in [0, 0.05) is 64.4 Å². The highest BCUT2D eigenvalue weighted by Crippen LogP contribution is 2.64. The molecule has 2 heterocycles. The normalized spacial score (nSPS) is 24.5. The number of hydrogen-bond acceptors (Lipinski definition) is 21. The Balaban J connectivity index is 0.000000241. The molecular formula is C122H198N4O18. The van der Waals surface area contributed by atoms with E-state index in [1.54, 1.807) is 17.0 Å². The van der Waals surface area contributed by atoms with Gasteiger partial charge >= 0.3 is 53.7 Å². The van der Waals surface area contributed by atoms with Crippen molar-refractivity contribution in [2.45, 2.75) is 414 Å². The molecule has 0 N–H and O–H groups in total. The van der Waals surface area contributed by atoms with Crippen molar-refractivity contribution in [1.29, 1.82) is 0 Å². The summed E-state index contributed by atoms with van der Waals surface area (Å²) in [5, 5.41) is 0. The number of likely N-dealkylation sites (N-methyl/N-ethyl adjacent to an activating group) is 1. The first-order chi connectivity index (χ1) is 70.1. The molecule has 144 heavy (non-hydrogen) atoms.